The Bertz CT molecular complexity index is 1050. The van der Waals surface area contributed by atoms with Gasteiger partial charge in [-0.1, -0.05) is 52.9 Å². The average Bonchev–Trinajstić information content (AvgIpc) is 3.09. The largest absolute Gasteiger partial charge is 1.00 e. The van der Waals surface area contributed by atoms with Gasteiger partial charge in [0.25, 0.3) is 12.4 Å². The van der Waals surface area contributed by atoms with Crippen molar-refractivity contribution in [2.24, 2.45) is 0 Å². The van der Waals surface area contributed by atoms with Gasteiger partial charge in [0.05, 0.1) is 24.3 Å². The minimum atomic E-state index is -4.99. The Morgan fingerprint density at radius 1 is 1.00 bits per heavy atom. The van der Waals surface area contributed by atoms with Crippen molar-refractivity contribution in [1.82, 2.24) is 10.2 Å². The molecule has 0 bridgehead atoms. The monoisotopic (exact) mass is 727 g/mol. The molecule has 0 spiro atoms. The Hall–Kier alpha value is 0.353. The fourth-order valence-corrected chi connectivity index (χ4v) is 3.22. The first-order chi connectivity index (χ1) is 17.3. The smallest absolute Gasteiger partial charge is 0.662 e. The Morgan fingerprint density at radius 2 is 1.46 bits per heavy atom. The van der Waals surface area contributed by atoms with Gasteiger partial charge < -0.3 is 20.2 Å². The molecule has 1 heterocycles. The van der Waals surface area contributed by atoms with E-state index in [2.05, 4.69) is 32.8 Å². The van der Waals surface area contributed by atoms with E-state index in [4.69, 9.17) is 14.8 Å². The second-order valence-electron chi connectivity index (χ2n) is 7.17. The summed E-state index contributed by atoms with van der Waals surface area (Å²) in [4.78, 5) is 38.8. The van der Waals surface area contributed by atoms with Crippen LogP contribution in [0.3, 0.4) is 0 Å². The molecule has 0 aromatic heterocycles. The second kappa shape index (κ2) is 18.8. The van der Waals surface area contributed by atoms with Gasteiger partial charge in [-0.15, -0.1) is 0 Å². The van der Waals surface area contributed by atoms with Gasteiger partial charge in [0, 0.05) is 58.4 Å². The predicted molar refractivity (Wildman–Crippen MR) is 128 cm³/mol. The van der Waals surface area contributed by atoms with Crippen molar-refractivity contribution in [3.05, 3.63) is 70.8 Å². The SMILES string of the molecule is CI.CN1C(=O)NC(COCc2cc(C(F)(F)F)cc(C(F)(F)F)c2)(c2ccccc2)C1=O.O=CO[O-].[K+].[K]. The van der Waals surface area contributed by atoms with E-state index in [1.165, 1.54) is 7.05 Å². The fraction of sp³-hybridized carbons (Fsp3) is 0.318. The summed E-state index contributed by atoms with van der Waals surface area (Å²) >= 11 is 2.15. The van der Waals surface area contributed by atoms with Gasteiger partial charge in [-0.05, 0) is 34.3 Å². The van der Waals surface area contributed by atoms with Crippen molar-refractivity contribution in [2.45, 2.75) is 24.5 Å². The number of urea groups is 1. The molecule has 2 aromatic carbocycles. The molecule has 1 N–H and O–H groups in total. The van der Waals surface area contributed by atoms with E-state index in [0.29, 0.717) is 17.7 Å². The number of ether oxygens (including phenoxy) is 1. The van der Waals surface area contributed by atoms with Crippen LogP contribution >= 0.6 is 22.6 Å². The Labute approximate surface area is 318 Å². The molecular weight excluding hydrogens is 707 g/mol. The third kappa shape index (κ3) is 11.9. The molecule has 1 radical (unpaired) electrons. The zero-order valence-electron chi connectivity index (χ0n) is 21.2. The van der Waals surface area contributed by atoms with Gasteiger partial charge in [0.1, 0.15) is 0 Å². The summed E-state index contributed by atoms with van der Waals surface area (Å²) in [6.45, 7) is -1.32. The number of likely N-dealkylation sites (N-methyl/N-ethyl adjacent to an activating group) is 1. The van der Waals surface area contributed by atoms with Crippen LogP contribution in [0.4, 0.5) is 31.1 Å². The molecule has 1 atom stereocenters. The zero-order valence-corrected chi connectivity index (χ0v) is 29.6. The van der Waals surface area contributed by atoms with Gasteiger partial charge >= 0.3 is 69.8 Å². The summed E-state index contributed by atoms with van der Waals surface area (Å²) in [6.07, 6.45) is -9.97. The van der Waals surface area contributed by atoms with Gasteiger partial charge in [0.2, 0.25) is 0 Å². The normalized spacial score (nSPS) is 16.3. The maximum absolute atomic E-state index is 13.0. The molecule has 1 saturated heterocycles. The van der Waals surface area contributed by atoms with Crippen molar-refractivity contribution in [1.29, 1.82) is 0 Å². The first-order valence-corrected chi connectivity index (χ1v) is 12.0. The predicted octanol–water partition coefficient (Wildman–Crippen LogP) is 0.427. The fourth-order valence-electron chi connectivity index (χ4n) is 3.22. The molecule has 3 rings (SSSR count). The third-order valence-electron chi connectivity index (χ3n) is 4.84. The number of halogens is 7. The number of alkyl halides is 7. The molecule has 3 amide bonds. The molecule has 1 aliphatic rings. The van der Waals surface area contributed by atoms with Crippen molar-refractivity contribution in [3.8, 4) is 0 Å². The number of amides is 3. The number of benzene rings is 2. The summed E-state index contributed by atoms with van der Waals surface area (Å²) in [5, 5.41) is 10.9. The summed E-state index contributed by atoms with van der Waals surface area (Å²) in [6, 6.07) is 8.39. The van der Waals surface area contributed by atoms with Crippen molar-refractivity contribution < 1.29 is 107 Å². The minimum absolute atomic E-state index is 0. The second-order valence-corrected chi connectivity index (χ2v) is 7.17. The van der Waals surface area contributed by atoms with Crippen molar-refractivity contribution >= 4 is 92.4 Å². The molecule has 8 nitrogen and oxygen atoms in total. The molecule has 1 fully saturated rings. The van der Waals surface area contributed by atoms with Gasteiger partial charge in [0.15, 0.2) is 5.54 Å². The Balaban J connectivity index is 0. The first-order valence-electron chi connectivity index (χ1n) is 9.88. The van der Waals surface area contributed by atoms with Crippen molar-refractivity contribution in [3.63, 3.8) is 0 Å². The number of carbonyl (C=O) groups is 3. The van der Waals surface area contributed by atoms with E-state index in [1.807, 2.05) is 4.93 Å². The van der Waals surface area contributed by atoms with Crippen LogP contribution in [0.5, 0.6) is 0 Å². The molecule has 0 aliphatic carbocycles. The molecule has 205 valence electrons. The third-order valence-corrected chi connectivity index (χ3v) is 4.84. The Kier molecular flexibility index (Phi) is 20.0. The van der Waals surface area contributed by atoms with Crippen LogP contribution in [0.15, 0.2) is 48.5 Å². The van der Waals surface area contributed by atoms with Gasteiger partial charge in [-0.2, -0.15) is 26.3 Å². The van der Waals surface area contributed by atoms with Crippen LogP contribution in [0.25, 0.3) is 0 Å². The first kappa shape index (κ1) is 41.5. The number of nitrogens with zero attached hydrogens (tertiary/aromatic N) is 1. The Morgan fingerprint density at radius 3 is 1.82 bits per heavy atom. The van der Waals surface area contributed by atoms with Crippen LogP contribution in [-0.2, 0) is 43.7 Å². The molecular formula is C22H20F6IK2N2O6. The zero-order chi connectivity index (χ0) is 28.4. The maximum Gasteiger partial charge on any atom is 1.00 e. The van der Waals surface area contributed by atoms with E-state index in [9.17, 15) is 35.9 Å². The van der Waals surface area contributed by atoms with Crippen LogP contribution < -0.4 is 62.0 Å². The summed E-state index contributed by atoms with van der Waals surface area (Å²) in [5.41, 5.74) is -4.61. The van der Waals surface area contributed by atoms with Crippen molar-refractivity contribution in [2.75, 3.05) is 18.6 Å². The van der Waals surface area contributed by atoms with Crippen LogP contribution in [0, 0.1) is 0 Å². The van der Waals surface area contributed by atoms with Crippen LogP contribution in [0.1, 0.15) is 22.3 Å². The number of hydrogen-bond donors (Lipinski definition) is 1. The van der Waals surface area contributed by atoms with Gasteiger partial charge in [-0.3, -0.25) is 14.5 Å². The van der Waals surface area contributed by atoms with E-state index < -0.39 is 54.2 Å². The molecule has 2 aromatic rings. The molecule has 1 unspecified atom stereocenters. The summed E-state index contributed by atoms with van der Waals surface area (Å²) < 4.78 is 83.5. The maximum atomic E-state index is 13.0. The molecule has 39 heavy (non-hydrogen) atoms. The van der Waals surface area contributed by atoms with E-state index in [1.54, 1.807) is 30.3 Å². The molecule has 1 aliphatic heterocycles. The number of nitrogens with one attached hydrogen (secondary N) is 1. The number of carbonyl (C=O) groups excluding carboxylic acids is 3. The van der Waals surface area contributed by atoms with E-state index >= 15 is 0 Å². The summed E-state index contributed by atoms with van der Waals surface area (Å²) in [7, 11) is 1.24. The molecule has 0 saturated carbocycles. The quantitative estimate of drug-likeness (QED) is 0.0677. The van der Waals surface area contributed by atoms with E-state index in [-0.39, 0.29) is 121 Å². The number of imide groups is 1. The van der Waals surface area contributed by atoms with Crippen LogP contribution in [-0.4, -0.2) is 93.3 Å². The minimum Gasteiger partial charge on any atom is -0.662 e. The standard InChI is InChI=1S/C20H16F6N2O3.CH3I.CH2O3.2K/c1-28-16(29)18(27-17(28)30,13-5-3-2-4-6-13)11-31-10-12-7-14(19(21,22)23)9-15(8-12)20(24,25)26;1-2;2-1-4-3;;/h2-9H,10-11H2,1H3,(H,27,30);1H3;1,3H;;/q;;;;+1/p-1. The molecule has 17 heteroatoms. The van der Waals surface area contributed by atoms with Crippen LogP contribution in [0.2, 0.25) is 0 Å². The van der Waals surface area contributed by atoms with Gasteiger partial charge in [-0.25, -0.2) is 4.79 Å². The van der Waals surface area contributed by atoms with E-state index in [0.717, 1.165) is 4.90 Å². The number of hydrogen-bond acceptors (Lipinski definition) is 6. The topological polar surface area (TPSA) is 108 Å². The number of rotatable bonds is 6. The summed E-state index contributed by atoms with van der Waals surface area (Å²) in [5.74, 6) is -0.663. The average molecular weight is 727 g/mol.